The van der Waals surface area contributed by atoms with Gasteiger partial charge in [-0.1, -0.05) is 0 Å². The van der Waals surface area contributed by atoms with E-state index in [1.54, 1.807) is 18.7 Å². The Balaban J connectivity index is 2.22. The van der Waals surface area contributed by atoms with E-state index in [2.05, 4.69) is 10.1 Å². The number of carbonyl (C=O) groups excluding carboxylic acids is 2. The molecule has 1 heterocycles. The normalized spacial score (nSPS) is 10.2. The van der Waals surface area contributed by atoms with Gasteiger partial charge in [-0.2, -0.15) is 5.10 Å². The maximum Gasteiger partial charge on any atom is 0.306 e. The third kappa shape index (κ3) is 4.76. The largest absolute Gasteiger partial charge is 0.466 e. The summed E-state index contributed by atoms with van der Waals surface area (Å²) in [4.78, 5) is 26.5. The monoisotopic (exact) mass is 239 g/mol. The number of rotatable bonds is 7. The number of hydrogen-bond donors (Lipinski definition) is 0. The van der Waals surface area contributed by atoms with Crippen molar-refractivity contribution in [1.29, 1.82) is 0 Å². The van der Waals surface area contributed by atoms with Crippen LogP contribution in [0.2, 0.25) is 0 Å². The Hall–Kier alpha value is -1.72. The van der Waals surface area contributed by atoms with Gasteiger partial charge in [0.15, 0.2) is 0 Å². The second-order valence-electron chi connectivity index (χ2n) is 3.64. The lowest BCUT2D eigenvalue weighted by atomic mass is 10.1. The maximum atomic E-state index is 11.5. The second-order valence-corrected chi connectivity index (χ2v) is 3.64. The zero-order chi connectivity index (χ0) is 12.7. The molecule has 0 aliphatic carbocycles. The number of aryl methyl sites for hydroxylation is 2. The van der Waals surface area contributed by atoms with Crippen molar-refractivity contribution in [2.75, 3.05) is 6.61 Å². The highest BCUT2D eigenvalue weighted by Crippen LogP contribution is 2.02. The average Bonchev–Trinajstić information content (AvgIpc) is 2.70. The van der Waals surface area contributed by atoms with Gasteiger partial charge in [-0.3, -0.25) is 14.3 Å². The third-order valence-electron chi connectivity index (χ3n) is 2.35. The molecule has 0 aliphatic heterocycles. The summed E-state index contributed by atoms with van der Waals surface area (Å²) in [5, 5.41) is 3.91. The minimum Gasteiger partial charge on any atom is -0.466 e. The third-order valence-corrected chi connectivity index (χ3v) is 2.35. The molecule has 0 aliphatic rings. The first-order valence-electron chi connectivity index (χ1n) is 5.63. The highest BCUT2D eigenvalue weighted by Gasteiger charge is 2.09. The number of Topliss-reactive ketones (excluding diaryl/α,β-unsaturated/α-hetero) is 1. The Morgan fingerprint density at radius 1 is 1.35 bits per heavy atom. The summed E-state index contributed by atoms with van der Waals surface area (Å²) in [7, 11) is 1.78. The smallest absolute Gasteiger partial charge is 0.306 e. The number of ketones is 1. The van der Waals surface area contributed by atoms with Gasteiger partial charge in [0.1, 0.15) is 17.9 Å². The van der Waals surface area contributed by atoms with E-state index >= 15 is 0 Å². The summed E-state index contributed by atoms with van der Waals surface area (Å²) in [5.74, 6) is 0.495. The molecule has 1 aromatic heterocycles. The van der Waals surface area contributed by atoms with Crippen LogP contribution in [0.25, 0.3) is 0 Å². The molecule has 0 saturated carbocycles. The van der Waals surface area contributed by atoms with Gasteiger partial charge in [0, 0.05) is 26.3 Å². The van der Waals surface area contributed by atoms with Crippen molar-refractivity contribution in [3.63, 3.8) is 0 Å². The summed E-state index contributed by atoms with van der Waals surface area (Å²) >= 11 is 0. The van der Waals surface area contributed by atoms with Crippen molar-refractivity contribution < 1.29 is 14.3 Å². The van der Waals surface area contributed by atoms with Gasteiger partial charge < -0.3 is 4.74 Å². The van der Waals surface area contributed by atoms with E-state index in [9.17, 15) is 9.59 Å². The highest BCUT2D eigenvalue weighted by atomic mass is 16.5. The molecule has 0 spiro atoms. The molecular weight excluding hydrogens is 222 g/mol. The Bertz CT molecular complexity index is 387. The fraction of sp³-hybridized carbons (Fsp3) is 0.636. The number of ether oxygens (including phenoxy) is 1. The topological polar surface area (TPSA) is 74.1 Å². The minimum atomic E-state index is -0.320. The van der Waals surface area contributed by atoms with E-state index in [4.69, 9.17) is 4.74 Å². The van der Waals surface area contributed by atoms with Crippen LogP contribution in [0, 0.1) is 0 Å². The molecule has 0 radical (unpaired) electrons. The van der Waals surface area contributed by atoms with Crippen molar-refractivity contribution in [3.8, 4) is 0 Å². The van der Waals surface area contributed by atoms with E-state index in [1.165, 1.54) is 6.33 Å². The van der Waals surface area contributed by atoms with Gasteiger partial charge in [0.05, 0.1) is 13.0 Å². The molecule has 0 atom stereocenters. The second kappa shape index (κ2) is 6.78. The van der Waals surface area contributed by atoms with Crippen molar-refractivity contribution in [2.24, 2.45) is 7.05 Å². The van der Waals surface area contributed by atoms with Gasteiger partial charge >= 0.3 is 5.97 Å². The van der Waals surface area contributed by atoms with Crippen LogP contribution in [-0.2, 0) is 27.8 Å². The Morgan fingerprint density at radius 2 is 2.12 bits per heavy atom. The van der Waals surface area contributed by atoms with Crippen LogP contribution < -0.4 is 0 Å². The van der Waals surface area contributed by atoms with Crippen LogP contribution in [0.4, 0.5) is 0 Å². The van der Waals surface area contributed by atoms with Crippen LogP contribution in [0.3, 0.4) is 0 Å². The van der Waals surface area contributed by atoms with Crippen LogP contribution in [-0.4, -0.2) is 33.1 Å². The molecule has 0 unspecified atom stereocenters. The van der Waals surface area contributed by atoms with Gasteiger partial charge in [-0.25, -0.2) is 4.98 Å². The van der Waals surface area contributed by atoms with Crippen molar-refractivity contribution >= 4 is 11.8 Å². The number of hydrogen-bond acceptors (Lipinski definition) is 5. The number of nitrogens with zero attached hydrogens (tertiary/aromatic N) is 3. The summed E-state index contributed by atoms with van der Waals surface area (Å²) in [6, 6.07) is 0. The molecule has 0 aromatic carbocycles. The SMILES string of the molecule is CCOC(=O)CCC(=O)CCc1ncnn1C. The van der Waals surface area contributed by atoms with Crippen molar-refractivity contribution in [1.82, 2.24) is 14.8 Å². The first-order valence-corrected chi connectivity index (χ1v) is 5.63. The zero-order valence-electron chi connectivity index (χ0n) is 10.2. The van der Waals surface area contributed by atoms with Gasteiger partial charge in [0.25, 0.3) is 0 Å². The molecule has 0 amide bonds. The van der Waals surface area contributed by atoms with Crippen molar-refractivity contribution in [3.05, 3.63) is 12.2 Å². The molecule has 1 rings (SSSR count). The lowest BCUT2D eigenvalue weighted by Gasteiger charge is -2.02. The summed E-state index contributed by atoms with van der Waals surface area (Å²) in [5.41, 5.74) is 0. The molecule has 6 nitrogen and oxygen atoms in total. The molecule has 6 heteroatoms. The molecular formula is C11H17N3O3. The molecule has 0 saturated heterocycles. The molecule has 0 fully saturated rings. The molecule has 17 heavy (non-hydrogen) atoms. The molecule has 0 N–H and O–H groups in total. The fourth-order valence-corrected chi connectivity index (χ4v) is 1.40. The predicted octanol–water partition coefficient (Wildman–Crippen LogP) is 0.660. The number of carbonyl (C=O) groups is 2. The predicted molar refractivity (Wildman–Crippen MR) is 60.2 cm³/mol. The van der Waals surface area contributed by atoms with Crippen molar-refractivity contribution in [2.45, 2.75) is 32.6 Å². The molecule has 0 bridgehead atoms. The van der Waals surface area contributed by atoms with Gasteiger partial charge in [-0.15, -0.1) is 0 Å². The molecule has 1 aromatic rings. The first-order chi connectivity index (χ1) is 8.13. The lowest BCUT2D eigenvalue weighted by Crippen LogP contribution is -2.09. The maximum absolute atomic E-state index is 11.5. The van der Waals surface area contributed by atoms with Gasteiger partial charge in [0.2, 0.25) is 0 Å². The van der Waals surface area contributed by atoms with E-state index in [-0.39, 0.29) is 24.6 Å². The van der Waals surface area contributed by atoms with Crippen LogP contribution in [0.5, 0.6) is 0 Å². The summed E-state index contributed by atoms with van der Waals surface area (Å²) < 4.78 is 6.38. The van der Waals surface area contributed by atoms with Crippen LogP contribution >= 0.6 is 0 Å². The van der Waals surface area contributed by atoms with E-state index < -0.39 is 0 Å². The standard InChI is InChI=1S/C11H17N3O3/c1-3-17-11(16)7-5-9(15)4-6-10-12-8-13-14(10)2/h8H,3-7H2,1-2H3. The highest BCUT2D eigenvalue weighted by molar-refractivity contribution is 5.82. The molecule has 94 valence electrons. The quantitative estimate of drug-likeness (QED) is 0.653. The Morgan fingerprint density at radius 3 is 2.71 bits per heavy atom. The number of aromatic nitrogens is 3. The lowest BCUT2D eigenvalue weighted by molar-refractivity contribution is -0.144. The van der Waals surface area contributed by atoms with Crippen LogP contribution in [0.1, 0.15) is 32.0 Å². The zero-order valence-corrected chi connectivity index (χ0v) is 10.2. The first kappa shape index (κ1) is 13.3. The van der Waals surface area contributed by atoms with Crippen LogP contribution in [0.15, 0.2) is 6.33 Å². The minimum absolute atomic E-state index is 0.0426. The van der Waals surface area contributed by atoms with E-state index in [1.807, 2.05) is 0 Å². The van der Waals surface area contributed by atoms with Gasteiger partial charge in [-0.05, 0) is 6.92 Å². The van der Waals surface area contributed by atoms with E-state index in [0.29, 0.717) is 19.4 Å². The fourth-order valence-electron chi connectivity index (χ4n) is 1.40. The Kier molecular flexibility index (Phi) is 5.32. The van der Waals surface area contributed by atoms with E-state index in [0.717, 1.165) is 5.82 Å². The summed E-state index contributed by atoms with van der Waals surface area (Å²) in [6.45, 7) is 2.10. The summed E-state index contributed by atoms with van der Waals surface area (Å²) in [6.07, 6.45) is 2.78. The average molecular weight is 239 g/mol. The number of esters is 1. The Labute approximate surface area is 100.0 Å².